The second-order valence-corrected chi connectivity index (χ2v) is 3.70. The van der Waals surface area contributed by atoms with Crippen molar-refractivity contribution in [1.82, 2.24) is 0 Å². The summed E-state index contributed by atoms with van der Waals surface area (Å²) in [5, 5.41) is 19.9. The SMILES string of the molecule is CC(=O)Oc1cc(C)c([N+](=O)[O-])c(C)c1C(=O)O. The van der Waals surface area contributed by atoms with Gasteiger partial charge in [-0.05, 0) is 19.9 Å². The van der Waals surface area contributed by atoms with E-state index in [0.717, 1.165) is 6.92 Å². The highest BCUT2D eigenvalue weighted by Crippen LogP contribution is 2.33. The van der Waals surface area contributed by atoms with Crippen LogP contribution in [0, 0.1) is 24.0 Å². The molecule has 0 fully saturated rings. The maximum Gasteiger partial charge on any atom is 0.340 e. The summed E-state index contributed by atoms with van der Waals surface area (Å²) in [6, 6.07) is 1.18. The van der Waals surface area contributed by atoms with Crippen LogP contribution in [0.15, 0.2) is 6.07 Å². The first-order valence-corrected chi connectivity index (χ1v) is 4.96. The summed E-state index contributed by atoms with van der Waals surface area (Å²) in [6.45, 7) is 3.88. The fourth-order valence-electron chi connectivity index (χ4n) is 1.72. The minimum Gasteiger partial charge on any atom is -0.478 e. The summed E-state index contributed by atoms with van der Waals surface area (Å²) >= 11 is 0. The molecular formula is C11H11NO6. The normalized spacial score (nSPS) is 9.94. The molecule has 0 saturated carbocycles. The van der Waals surface area contributed by atoms with Gasteiger partial charge >= 0.3 is 11.9 Å². The van der Waals surface area contributed by atoms with Crippen molar-refractivity contribution in [1.29, 1.82) is 0 Å². The molecule has 0 unspecified atom stereocenters. The molecule has 1 N–H and O–H groups in total. The lowest BCUT2D eigenvalue weighted by atomic mass is 10.0. The van der Waals surface area contributed by atoms with Crippen molar-refractivity contribution in [3.05, 3.63) is 32.9 Å². The Morgan fingerprint density at radius 1 is 1.39 bits per heavy atom. The number of rotatable bonds is 3. The van der Waals surface area contributed by atoms with Crippen molar-refractivity contribution in [2.75, 3.05) is 0 Å². The highest BCUT2D eigenvalue weighted by atomic mass is 16.6. The number of carbonyl (C=O) groups is 2. The van der Waals surface area contributed by atoms with Crippen molar-refractivity contribution in [3.63, 3.8) is 0 Å². The molecular weight excluding hydrogens is 242 g/mol. The summed E-state index contributed by atoms with van der Waals surface area (Å²) in [5.74, 6) is -2.26. The molecule has 0 radical (unpaired) electrons. The smallest absolute Gasteiger partial charge is 0.340 e. The molecule has 96 valence electrons. The Labute approximate surface area is 102 Å². The number of carboxylic acid groups (broad SMARTS) is 1. The monoisotopic (exact) mass is 253 g/mol. The van der Waals surface area contributed by atoms with Crippen molar-refractivity contribution in [2.45, 2.75) is 20.8 Å². The van der Waals surface area contributed by atoms with Crippen LogP contribution in [0.1, 0.15) is 28.4 Å². The van der Waals surface area contributed by atoms with E-state index in [4.69, 9.17) is 9.84 Å². The number of benzene rings is 1. The highest BCUT2D eigenvalue weighted by Gasteiger charge is 2.26. The maximum atomic E-state index is 11.1. The Morgan fingerprint density at radius 2 is 1.94 bits per heavy atom. The van der Waals surface area contributed by atoms with Gasteiger partial charge in [-0.1, -0.05) is 0 Å². The largest absolute Gasteiger partial charge is 0.478 e. The predicted molar refractivity (Wildman–Crippen MR) is 60.8 cm³/mol. The van der Waals surface area contributed by atoms with Gasteiger partial charge in [0.2, 0.25) is 0 Å². The summed E-state index contributed by atoms with van der Waals surface area (Å²) < 4.78 is 4.76. The second kappa shape index (κ2) is 4.82. The molecule has 0 atom stereocenters. The first-order chi connectivity index (χ1) is 8.25. The zero-order valence-electron chi connectivity index (χ0n) is 10.0. The van der Waals surface area contributed by atoms with Gasteiger partial charge in [0.25, 0.3) is 5.69 Å². The number of aromatic carboxylic acids is 1. The number of aryl methyl sites for hydroxylation is 1. The van der Waals surface area contributed by atoms with Gasteiger partial charge in [0.15, 0.2) is 0 Å². The van der Waals surface area contributed by atoms with Gasteiger partial charge in [-0.25, -0.2) is 4.79 Å². The molecule has 7 heteroatoms. The highest BCUT2D eigenvalue weighted by molar-refractivity contribution is 5.95. The van der Waals surface area contributed by atoms with Crippen LogP contribution in [-0.4, -0.2) is 22.0 Å². The molecule has 1 rings (SSSR count). The van der Waals surface area contributed by atoms with Gasteiger partial charge in [-0.15, -0.1) is 0 Å². The predicted octanol–water partition coefficient (Wildman–Crippen LogP) is 1.84. The van der Waals surface area contributed by atoms with Gasteiger partial charge in [-0.2, -0.15) is 0 Å². The first-order valence-electron chi connectivity index (χ1n) is 4.96. The standard InChI is InChI=1S/C11H11NO6/c1-5-4-8(18-7(3)13)9(11(14)15)6(2)10(5)12(16)17/h4H,1-3H3,(H,14,15). The quantitative estimate of drug-likeness (QED) is 0.381. The number of carbonyl (C=O) groups excluding carboxylic acids is 1. The van der Waals surface area contributed by atoms with Crippen LogP contribution in [0.25, 0.3) is 0 Å². The fraction of sp³-hybridized carbons (Fsp3) is 0.273. The first kappa shape index (κ1) is 13.6. The molecule has 1 aromatic rings. The zero-order valence-corrected chi connectivity index (χ0v) is 10.0. The van der Waals surface area contributed by atoms with Crippen LogP contribution in [0.2, 0.25) is 0 Å². The molecule has 0 aromatic heterocycles. The molecule has 0 aliphatic carbocycles. The fourth-order valence-corrected chi connectivity index (χ4v) is 1.72. The third-order valence-electron chi connectivity index (χ3n) is 2.35. The molecule has 1 aromatic carbocycles. The Hall–Kier alpha value is -2.44. The van der Waals surface area contributed by atoms with E-state index in [1.54, 1.807) is 0 Å². The van der Waals surface area contributed by atoms with E-state index < -0.39 is 16.9 Å². The number of nitro benzene ring substituents is 1. The average Bonchev–Trinajstić information content (AvgIpc) is 2.13. The van der Waals surface area contributed by atoms with Crippen molar-refractivity contribution >= 4 is 17.6 Å². The Balaban J connectivity index is 3.60. The molecule has 7 nitrogen and oxygen atoms in total. The third-order valence-corrected chi connectivity index (χ3v) is 2.35. The molecule has 0 bridgehead atoms. The van der Waals surface area contributed by atoms with E-state index in [9.17, 15) is 19.7 Å². The van der Waals surface area contributed by atoms with E-state index in [2.05, 4.69) is 0 Å². The van der Waals surface area contributed by atoms with Crippen molar-refractivity contribution in [3.8, 4) is 5.75 Å². The Bertz CT molecular complexity index is 549. The number of hydrogen-bond donors (Lipinski definition) is 1. The van der Waals surface area contributed by atoms with E-state index in [1.807, 2.05) is 0 Å². The number of carboxylic acids is 1. The van der Waals surface area contributed by atoms with Crippen LogP contribution in [0.5, 0.6) is 5.75 Å². The topological polar surface area (TPSA) is 107 Å². The van der Waals surface area contributed by atoms with Gasteiger partial charge in [0.1, 0.15) is 11.3 Å². The van der Waals surface area contributed by atoms with Crippen LogP contribution >= 0.6 is 0 Å². The molecule has 0 amide bonds. The van der Waals surface area contributed by atoms with E-state index in [0.29, 0.717) is 0 Å². The minimum absolute atomic E-state index is 0.0382. The van der Waals surface area contributed by atoms with E-state index in [-0.39, 0.29) is 28.1 Å². The average molecular weight is 253 g/mol. The van der Waals surface area contributed by atoms with Gasteiger partial charge < -0.3 is 9.84 Å². The molecule has 18 heavy (non-hydrogen) atoms. The molecule has 0 spiro atoms. The van der Waals surface area contributed by atoms with Crippen LogP contribution in [-0.2, 0) is 4.79 Å². The number of nitro groups is 1. The number of hydrogen-bond acceptors (Lipinski definition) is 5. The Morgan fingerprint density at radius 3 is 2.33 bits per heavy atom. The summed E-state index contributed by atoms with van der Waals surface area (Å²) in [7, 11) is 0. The van der Waals surface area contributed by atoms with Crippen LogP contribution in [0.3, 0.4) is 0 Å². The Kier molecular flexibility index (Phi) is 3.65. The van der Waals surface area contributed by atoms with Crippen LogP contribution in [0.4, 0.5) is 5.69 Å². The second-order valence-electron chi connectivity index (χ2n) is 3.70. The molecule has 0 aliphatic heterocycles. The third kappa shape index (κ3) is 2.45. The lowest BCUT2D eigenvalue weighted by molar-refractivity contribution is -0.386. The van der Waals surface area contributed by atoms with Crippen LogP contribution < -0.4 is 4.74 Å². The molecule has 0 saturated heterocycles. The van der Waals surface area contributed by atoms with Crippen molar-refractivity contribution in [2.24, 2.45) is 0 Å². The molecule has 0 heterocycles. The van der Waals surface area contributed by atoms with E-state index in [1.165, 1.54) is 19.9 Å². The van der Waals surface area contributed by atoms with Gasteiger partial charge in [0.05, 0.1) is 4.92 Å². The minimum atomic E-state index is -1.38. The lowest BCUT2D eigenvalue weighted by Crippen LogP contribution is -2.11. The zero-order chi connectivity index (χ0) is 14.0. The summed E-state index contributed by atoms with van der Waals surface area (Å²) in [5.41, 5.74) is -0.465. The van der Waals surface area contributed by atoms with Crippen molar-refractivity contribution < 1.29 is 24.4 Å². The number of esters is 1. The summed E-state index contributed by atoms with van der Waals surface area (Å²) in [6.07, 6.45) is 0. The lowest BCUT2D eigenvalue weighted by Gasteiger charge is -2.10. The maximum absolute atomic E-state index is 11.1. The van der Waals surface area contributed by atoms with Gasteiger partial charge in [0, 0.05) is 18.1 Å². The number of nitrogens with zero attached hydrogens (tertiary/aromatic N) is 1. The summed E-state index contributed by atoms with van der Waals surface area (Å²) in [4.78, 5) is 32.2. The molecule has 0 aliphatic rings. The van der Waals surface area contributed by atoms with Gasteiger partial charge in [-0.3, -0.25) is 14.9 Å². The van der Waals surface area contributed by atoms with E-state index >= 15 is 0 Å². The number of ether oxygens (including phenoxy) is 1.